The molecule has 0 radical (unpaired) electrons. The summed E-state index contributed by atoms with van der Waals surface area (Å²) >= 11 is 1.38. The molecule has 0 amide bonds. The van der Waals surface area contributed by atoms with Crippen LogP contribution in [0.2, 0.25) is 0 Å². The fourth-order valence-corrected chi connectivity index (χ4v) is 2.75. The molecular weight excluding hydrogens is 248 g/mol. The van der Waals surface area contributed by atoms with Crippen LogP contribution in [0.25, 0.3) is 0 Å². The molecule has 3 nitrogen and oxygen atoms in total. The molecule has 0 unspecified atom stereocenters. The van der Waals surface area contributed by atoms with Gasteiger partial charge in [-0.2, -0.15) is 0 Å². The Morgan fingerprint density at radius 1 is 1.22 bits per heavy atom. The topological polar surface area (TPSA) is 47.3 Å². The molecule has 0 fully saturated rings. The minimum absolute atomic E-state index is 0.0961. The molecule has 0 aliphatic rings. The average Bonchev–Trinajstić information content (AvgIpc) is 2.84. The number of ketones is 2. The first-order valence-corrected chi connectivity index (χ1v) is 6.54. The Hall–Kier alpha value is -1.68. The second-order valence-corrected chi connectivity index (χ2v) is 5.20. The van der Waals surface area contributed by atoms with E-state index in [1.165, 1.54) is 11.3 Å². The summed E-state index contributed by atoms with van der Waals surface area (Å²) in [6.07, 6.45) is -0.0961. The molecule has 0 aliphatic heterocycles. The summed E-state index contributed by atoms with van der Waals surface area (Å²) in [4.78, 5) is 24.7. The van der Waals surface area contributed by atoms with E-state index in [0.29, 0.717) is 22.0 Å². The predicted octanol–water partition coefficient (Wildman–Crippen LogP) is 3.72. The van der Waals surface area contributed by atoms with E-state index in [-0.39, 0.29) is 18.0 Å². The summed E-state index contributed by atoms with van der Waals surface area (Å²) in [5, 5.41) is 1.86. The Bertz CT molecular complexity index is 604. The van der Waals surface area contributed by atoms with Gasteiger partial charge in [-0.25, -0.2) is 0 Å². The van der Waals surface area contributed by atoms with Crippen molar-refractivity contribution in [2.24, 2.45) is 0 Å². The highest BCUT2D eigenvalue weighted by Crippen LogP contribution is 2.20. The molecule has 0 aromatic carbocycles. The lowest BCUT2D eigenvalue weighted by Gasteiger charge is -1.99. The van der Waals surface area contributed by atoms with Gasteiger partial charge >= 0.3 is 0 Å². The van der Waals surface area contributed by atoms with Gasteiger partial charge in [-0.15, -0.1) is 11.3 Å². The standard InChI is InChI=1S/C14H14O3S/c1-8-4-5-18-14(8)13(16)7-12(15)11-6-9(2)17-10(11)3/h4-6H,7H2,1-3H3. The Balaban J connectivity index is 2.16. The molecule has 0 aliphatic carbocycles. The molecule has 2 heterocycles. The van der Waals surface area contributed by atoms with E-state index in [1.807, 2.05) is 18.4 Å². The van der Waals surface area contributed by atoms with Gasteiger partial charge < -0.3 is 4.42 Å². The molecular formula is C14H14O3S. The lowest BCUT2D eigenvalue weighted by Crippen LogP contribution is -2.08. The number of thiophene rings is 1. The fraction of sp³-hybridized carbons (Fsp3) is 0.286. The average molecular weight is 262 g/mol. The number of Topliss-reactive ketones (excluding diaryl/α,β-unsaturated/α-hetero) is 2. The van der Waals surface area contributed by atoms with E-state index in [0.717, 1.165) is 5.56 Å². The summed E-state index contributed by atoms with van der Waals surface area (Å²) < 4.78 is 5.30. The van der Waals surface area contributed by atoms with Gasteiger partial charge in [0, 0.05) is 0 Å². The Morgan fingerprint density at radius 3 is 2.44 bits per heavy atom. The Labute approximate surface area is 109 Å². The molecule has 0 atom stereocenters. The number of hydrogen-bond acceptors (Lipinski definition) is 4. The van der Waals surface area contributed by atoms with Crippen molar-refractivity contribution in [3.05, 3.63) is 45.0 Å². The summed E-state index contributed by atoms with van der Waals surface area (Å²) in [5.74, 6) is 0.969. The smallest absolute Gasteiger partial charge is 0.180 e. The molecule has 2 rings (SSSR count). The zero-order chi connectivity index (χ0) is 13.3. The summed E-state index contributed by atoms with van der Waals surface area (Å²) in [6.45, 7) is 5.40. The van der Waals surface area contributed by atoms with Crippen LogP contribution < -0.4 is 0 Å². The third-order valence-electron chi connectivity index (χ3n) is 2.78. The van der Waals surface area contributed by atoms with E-state index >= 15 is 0 Å². The van der Waals surface area contributed by atoms with Gasteiger partial charge in [0.2, 0.25) is 0 Å². The first-order valence-electron chi connectivity index (χ1n) is 5.66. The maximum Gasteiger partial charge on any atom is 0.180 e. The zero-order valence-electron chi connectivity index (χ0n) is 10.6. The van der Waals surface area contributed by atoms with E-state index in [9.17, 15) is 9.59 Å². The van der Waals surface area contributed by atoms with Crippen LogP contribution in [-0.2, 0) is 0 Å². The van der Waals surface area contributed by atoms with Gasteiger partial charge in [0.05, 0.1) is 16.9 Å². The highest BCUT2D eigenvalue weighted by Gasteiger charge is 2.19. The number of carbonyl (C=O) groups is 2. The van der Waals surface area contributed by atoms with E-state index in [4.69, 9.17) is 4.42 Å². The van der Waals surface area contributed by atoms with Crippen LogP contribution in [0.4, 0.5) is 0 Å². The second kappa shape index (κ2) is 4.90. The molecule has 4 heteroatoms. The van der Waals surface area contributed by atoms with Gasteiger partial charge in [-0.1, -0.05) is 0 Å². The minimum atomic E-state index is -0.179. The number of aryl methyl sites for hydroxylation is 3. The molecule has 0 spiro atoms. The fourth-order valence-electron chi connectivity index (χ4n) is 1.89. The van der Waals surface area contributed by atoms with Crippen molar-refractivity contribution >= 4 is 22.9 Å². The van der Waals surface area contributed by atoms with Gasteiger partial charge in [-0.3, -0.25) is 9.59 Å². The summed E-state index contributed by atoms with van der Waals surface area (Å²) in [5.41, 5.74) is 1.44. The van der Waals surface area contributed by atoms with Crippen molar-refractivity contribution in [1.29, 1.82) is 0 Å². The van der Waals surface area contributed by atoms with Crippen molar-refractivity contribution in [3.8, 4) is 0 Å². The van der Waals surface area contributed by atoms with Crippen LogP contribution in [0.1, 0.15) is 43.5 Å². The molecule has 0 saturated carbocycles. The third-order valence-corrected chi connectivity index (χ3v) is 3.84. The van der Waals surface area contributed by atoms with Crippen LogP contribution >= 0.6 is 11.3 Å². The van der Waals surface area contributed by atoms with Crippen molar-refractivity contribution in [2.45, 2.75) is 27.2 Å². The monoisotopic (exact) mass is 262 g/mol. The van der Waals surface area contributed by atoms with Crippen molar-refractivity contribution in [2.75, 3.05) is 0 Å². The Morgan fingerprint density at radius 2 is 1.94 bits per heavy atom. The third kappa shape index (κ3) is 2.43. The minimum Gasteiger partial charge on any atom is -0.466 e. The highest BCUT2D eigenvalue weighted by molar-refractivity contribution is 7.12. The van der Waals surface area contributed by atoms with Gasteiger partial charge in [0.25, 0.3) is 0 Å². The summed E-state index contributed by atoms with van der Waals surface area (Å²) in [7, 11) is 0. The van der Waals surface area contributed by atoms with Crippen LogP contribution in [0.15, 0.2) is 21.9 Å². The molecule has 0 bridgehead atoms. The van der Waals surface area contributed by atoms with Crippen molar-refractivity contribution in [1.82, 2.24) is 0 Å². The SMILES string of the molecule is Cc1cc(C(=O)CC(=O)c2sccc2C)c(C)o1. The van der Waals surface area contributed by atoms with E-state index in [1.54, 1.807) is 19.9 Å². The van der Waals surface area contributed by atoms with E-state index in [2.05, 4.69) is 0 Å². The van der Waals surface area contributed by atoms with Crippen LogP contribution in [-0.4, -0.2) is 11.6 Å². The molecule has 0 N–H and O–H groups in total. The first-order chi connectivity index (χ1) is 8.49. The largest absolute Gasteiger partial charge is 0.466 e. The number of hydrogen-bond donors (Lipinski definition) is 0. The number of furan rings is 1. The molecule has 18 heavy (non-hydrogen) atoms. The van der Waals surface area contributed by atoms with Crippen LogP contribution in [0.3, 0.4) is 0 Å². The maximum atomic E-state index is 12.0. The molecule has 0 saturated heterocycles. The lowest BCUT2D eigenvalue weighted by molar-refractivity contribution is 0.0895. The second-order valence-electron chi connectivity index (χ2n) is 4.28. The number of carbonyl (C=O) groups excluding carboxylic acids is 2. The van der Waals surface area contributed by atoms with Crippen LogP contribution in [0, 0.1) is 20.8 Å². The quantitative estimate of drug-likeness (QED) is 0.623. The molecule has 2 aromatic heterocycles. The normalized spacial score (nSPS) is 10.6. The lowest BCUT2D eigenvalue weighted by atomic mass is 10.0. The highest BCUT2D eigenvalue weighted by atomic mass is 32.1. The van der Waals surface area contributed by atoms with Gasteiger partial charge in [0.1, 0.15) is 11.5 Å². The van der Waals surface area contributed by atoms with Crippen molar-refractivity contribution < 1.29 is 14.0 Å². The zero-order valence-corrected chi connectivity index (χ0v) is 11.4. The first kappa shape index (κ1) is 12.8. The molecule has 2 aromatic rings. The van der Waals surface area contributed by atoms with Crippen LogP contribution in [0.5, 0.6) is 0 Å². The Kier molecular flexibility index (Phi) is 3.48. The molecule has 94 valence electrons. The van der Waals surface area contributed by atoms with Crippen molar-refractivity contribution in [3.63, 3.8) is 0 Å². The maximum absolute atomic E-state index is 12.0. The summed E-state index contributed by atoms with van der Waals surface area (Å²) in [6, 6.07) is 3.57. The van der Waals surface area contributed by atoms with Gasteiger partial charge in [-0.05, 0) is 43.8 Å². The number of rotatable bonds is 4. The van der Waals surface area contributed by atoms with Gasteiger partial charge in [0.15, 0.2) is 11.6 Å². The predicted molar refractivity (Wildman–Crippen MR) is 70.5 cm³/mol. The van der Waals surface area contributed by atoms with E-state index < -0.39 is 0 Å².